The average Bonchev–Trinajstić information content (AvgIpc) is 2.80. The maximum Gasteiger partial charge on any atom is 0.122 e. The Morgan fingerprint density at radius 2 is 1.80 bits per heavy atom. The molecule has 0 fully saturated rings. The second-order valence-electron chi connectivity index (χ2n) is 4.53. The highest BCUT2D eigenvalue weighted by atomic mass is 16.5. The van der Waals surface area contributed by atoms with Gasteiger partial charge in [-0.1, -0.05) is 0 Å². The van der Waals surface area contributed by atoms with E-state index in [1.165, 1.54) is 0 Å². The minimum absolute atomic E-state index is 0.190. The fourth-order valence-corrected chi connectivity index (χ4v) is 2.14. The van der Waals surface area contributed by atoms with Crippen LogP contribution in [-0.4, -0.2) is 23.8 Å². The first-order chi connectivity index (χ1) is 9.60. The van der Waals surface area contributed by atoms with Gasteiger partial charge in [0.15, 0.2) is 0 Å². The quantitative estimate of drug-likeness (QED) is 0.636. The van der Waals surface area contributed by atoms with E-state index in [-0.39, 0.29) is 6.04 Å². The summed E-state index contributed by atoms with van der Waals surface area (Å²) in [6.45, 7) is 1.95. The molecule has 0 spiro atoms. The zero-order valence-corrected chi connectivity index (χ0v) is 12.2. The van der Waals surface area contributed by atoms with Crippen LogP contribution in [0.15, 0.2) is 24.4 Å². The Morgan fingerprint density at radius 3 is 2.20 bits per heavy atom. The Bertz CT molecular complexity index is 573. The predicted molar refractivity (Wildman–Crippen MR) is 76.7 cm³/mol. The molecule has 1 atom stereocenters. The van der Waals surface area contributed by atoms with Crippen molar-refractivity contribution in [3.8, 4) is 11.5 Å². The monoisotopic (exact) mass is 276 g/mol. The Balaban J connectivity index is 2.48. The summed E-state index contributed by atoms with van der Waals surface area (Å²) < 4.78 is 12.6. The lowest BCUT2D eigenvalue weighted by molar-refractivity contribution is 0.392. The maximum absolute atomic E-state index is 5.73. The van der Waals surface area contributed by atoms with E-state index < -0.39 is 0 Å². The molecule has 0 aliphatic carbocycles. The molecule has 2 rings (SSSR count). The van der Waals surface area contributed by atoms with Crippen LogP contribution in [0.4, 0.5) is 0 Å². The fraction of sp³-hybridized carbons (Fsp3) is 0.357. The van der Waals surface area contributed by atoms with Gasteiger partial charge in [0.25, 0.3) is 0 Å². The van der Waals surface area contributed by atoms with E-state index in [1.54, 1.807) is 14.2 Å². The van der Waals surface area contributed by atoms with Crippen molar-refractivity contribution in [1.82, 2.24) is 15.0 Å². The summed E-state index contributed by atoms with van der Waals surface area (Å²) in [5, 5.41) is 0. The van der Waals surface area contributed by atoms with Gasteiger partial charge in [0, 0.05) is 13.1 Å². The van der Waals surface area contributed by atoms with Crippen LogP contribution >= 0.6 is 0 Å². The lowest BCUT2D eigenvalue weighted by Gasteiger charge is -2.19. The maximum atomic E-state index is 5.73. The summed E-state index contributed by atoms with van der Waals surface area (Å²) in [6, 6.07) is 5.49. The van der Waals surface area contributed by atoms with Crippen LogP contribution in [0.3, 0.4) is 0 Å². The van der Waals surface area contributed by atoms with Crippen molar-refractivity contribution in [3.63, 3.8) is 0 Å². The summed E-state index contributed by atoms with van der Waals surface area (Å²) in [7, 11) is 5.20. The SMILES string of the molecule is COc1cc(OC)cc(C(NN)c2cnc(C)n2C)c1. The van der Waals surface area contributed by atoms with Gasteiger partial charge in [-0.15, -0.1) is 0 Å². The van der Waals surface area contributed by atoms with Crippen LogP contribution in [0.5, 0.6) is 11.5 Å². The first-order valence-electron chi connectivity index (χ1n) is 6.28. The third kappa shape index (κ3) is 2.61. The van der Waals surface area contributed by atoms with Crippen molar-refractivity contribution in [1.29, 1.82) is 0 Å². The Hall–Kier alpha value is -2.05. The summed E-state index contributed by atoms with van der Waals surface area (Å²) in [4.78, 5) is 4.30. The molecule has 1 aromatic carbocycles. The van der Waals surface area contributed by atoms with Gasteiger partial charge in [0.2, 0.25) is 0 Å². The predicted octanol–water partition coefficient (Wildman–Crippen LogP) is 1.30. The van der Waals surface area contributed by atoms with E-state index in [9.17, 15) is 0 Å². The van der Waals surface area contributed by atoms with Crippen LogP contribution in [0.1, 0.15) is 23.1 Å². The molecule has 1 aromatic heterocycles. The number of aryl methyl sites for hydroxylation is 1. The molecule has 1 heterocycles. The molecule has 0 saturated heterocycles. The van der Waals surface area contributed by atoms with E-state index in [0.717, 1.165) is 28.6 Å². The molecule has 20 heavy (non-hydrogen) atoms. The number of rotatable bonds is 5. The minimum Gasteiger partial charge on any atom is -0.497 e. The molecular weight excluding hydrogens is 256 g/mol. The first-order valence-corrected chi connectivity index (χ1v) is 6.28. The Labute approximate surface area is 118 Å². The van der Waals surface area contributed by atoms with Gasteiger partial charge < -0.3 is 14.0 Å². The molecular formula is C14H20N4O2. The average molecular weight is 276 g/mol. The van der Waals surface area contributed by atoms with Gasteiger partial charge in [-0.25, -0.2) is 10.4 Å². The molecule has 0 amide bonds. The number of nitrogens with zero attached hydrogens (tertiary/aromatic N) is 2. The summed E-state index contributed by atoms with van der Waals surface area (Å²) in [5.41, 5.74) is 4.74. The highest BCUT2D eigenvalue weighted by Crippen LogP contribution is 2.29. The smallest absolute Gasteiger partial charge is 0.122 e. The minimum atomic E-state index is -0.190. The molecule has 6 heteroatoms. The highest BCUT2D eigenvalue weighted by molar-refractivity contribution is 5.42. The van der Waals surface area contributed by atoms with Crippen LogP contribution < -0.4 is 20.7 Å². The highest BCUT2D eigenvalue weighted by Gasteiger charge is 2.18. The third-order valence-corrected chi connectivity index (χ3v) is 3.43. The number of ether oxygens (including phenoxy) is 2. The number of hydrogen-bond donors (Lipinski definition) is 2. The van der Waals surface area contributed by atoms with Crippen LogP contribution in [0.25, 0.3) is 0 Å². The van der Waals surface area contributed by atoms with Gasteiger partial charge in [-0.05, 0) is 24.6 Å². The lowest BCUT2D eigenvalue weighted by atomic mass is 10.0. The largest absolute Gasteiger partial charge is 0.497 e. The van der Waals surface area contributed by atoms with E-state index in [0.29, 0.717) is 0 Å². The number of aromatic nitrogens is 2. The molecule has 0 saturated carbocycles. The first kappa shape index (κ1) is 14.4. The van der Waals surface area contributed by atoms with Gasteiger partial charge in [0.05, 0.1) is 32.2 Å². The van der Waals surface area contributed by atoms with E-state index in [1.807, 2.05) is 42.9 Å². The second-order valence-corrected chi connectivity index (χ2v) is 4.53. The van der Waals surface area contributed by atoms with Crippen molar-refractivity contribution in [2.75, 3.05) is 14.2 Å². The van der Waals surface area contributed by atoms with Crippen molar-refractivity contribution in [3.05, 3.63) is 41.5 Å². The van der Waals surface area contributed by atoms with Crippen LogP contribution in [-0.2, 0) is 7.05 Å². The van der Waals surface area contributed by atoms with E-state index in [4.69, 9.17) is 15.3 Å². The molecule has 6 nitrogen and oxygen atoms in total. The van der Waals surface area contributed by atoms with Crippen molar-refractivity contribution >= 4 is 0 Å². The van der Waals surface area contributed by atoms with Crippen molar-refractivity contribution < 1.29 is 9.47 Å². The Morgan fingerprint density at radius 1 is 1.20 bits per heavy atom. The molecule has 108 valence electrons. The molecule has 0 radical (unpaired) electrons. The molecule has 2 aromatic rings. The lowest BCUT2D eigenvalue weighted by Crippen LogP contribution is -2.30. The normalized spacial score (nSPS) is 12.2. The number of methoxy groups -OCH3 is 2. The van der Waals surface area contributed by atoms with E-state index >= 15 is 0 Å². The zero-order chi connectivity index (χ0) is 14.7. The van der Waals surface area contributed by atoms with Crippen LogP contribution in [0, 0.1) is 6.92 Å². The topological polar surface area (TPSA) is 74.3 Å². The fourth-order valence-electron chi connectivity index (χ4n) is 2.14. The van der Waals surface area contributed by atoms with Crippen molar-refractivity contribution in [2.45, 2.75) is 13.0 Å². The molecule has 3 N–H and O–H groups in total. The zero-order valence-electron chi connectivity index (χ0n) is 12.2. The number of hydrazine groups is 1. The summed E-state index contributed by atoms with van der Waals surface area (Å²) in [5.74, 6) is 8.09. The third-order valence-electron chi connectivity index (χ3n) is 3.43. The van der Waals surface area contributed by atoms with E-state index in [2.05, 4.69) is 10.4 Å². The van der Waals surface area contributed by atoms with Gasteiger partial charge >= 0.3 is 0 Å². The Kier molecular flexibility index (Phi) is 4.26. The number of imidazole rings is 1. The number of nitrogens with two attached hydrogens (primary N) is 1. The number of benzene rings is 1. The summed E-state index contributed by atoms with van der Waals surface area (Å²) in [6.07, 6.45) is 1.81. The van der Waals surface area contributed by atoms with Crippen LogP contribution in [0.2, 0.25) is 0 Å². The molecule has 0 bridgehead atoms. The molecule has 0 aliphatic heterocycles. The summed E-state index contributed by atoms with van der Waals surface area (Å²) >= 11 is 0. The standard InChI is InChI=1S/C14H20N4O2/c1-9-16-8-13(18(9)2)14(17-15)10-5-11(19-3)7-12(6-10)20-4/h5-8,14,17H,15H2,1-4H3. The number of nitrogens with one attached hydrogen (secondary N) is 1. The molecule has 0 aliphatic rings. The van der Waals surface area contributed by atoms with Gasteiger partial charge in [-0.3, -0.25) is 5.84 Å². The molecule has 1 unspecified atom stereocenters. The van der Waals surface area contributed by atoms with Crippen molar-refractivity contribution in [2.24, 2.45) is 12.9 Å². The second kappa shape index (κ2) is 5.94. The number of hydrogen-bond acceptors (Lipinski definition) is 5. The van der Waals surface area contributed by atoms with Gasteiger partial charge in [0.1, 0.15) is 17.3 Å². The van der Waals surface area contributed by atoms with Gasteiger partial charge in [-0.2, -0.15) is 0 Å².